The number of aromatic nitrogens is 2. The van der Waals surface area contributed by atoms with Gasteiger partial charge in [0, 0.05) is 37.1 Å². The fourth-order valence-electron chi connectivity index (χ4n) is 2.77. The fraction of sp³-hybridized carbons (Fsp3) is 0.733. The summed E-state index contributed by atoms with van der Waals surface area (Å²) in [5.41, 5.74) is 0.959. The molecule has 1 N–H and O–H groups in total. The van der Waals surface area contributed by atoms with Gasteiger partial charge in [0.05, 0.1) is 6.61 Å². The minimum Gasteiger partial charge on any atom is -0.371 e. The standard InChI is InChI=1S/C15H23F3N4O/c16-15(17,18)11-23-7-6-22(10-13-8-20-12-21-9-13)14-2-1-4-19-5-3-14/h8-9,12,14,19H,1-7,10-11H2. The molecular formula is C15H23F3N4O. The van der Waals surface area contributed by atoms with Gasteiger partial charge in [-0.2, -0.15) is 13.2 Å². The molecule has 1 aromatic rings. The van der Waals surface area contributed by atoms with Gasteiger partial charge in [0.15, 0.2) is 0 Å². The van der Waals surface area contributed by atoms with E-state index in [1.54, 1.807) is 12.4 Å². The van der Waals surface area contributed by atoms with Crippen molar-refractivity contribution in [3.8, 4) is 0 Å². The van der Waals surface area contributed by atoms with Crippen LogP contribution in [0.15, 0.2) is 18.7 Å². The summed E-state index contributed by atoms with van der Waals surface area (Å²) in [6.07, 6.45) is 3.75. The van der Waals surface area contributed by atoms with Crippen molar-refractivity contribution in [1.29, 1.82) is 0 Å². The van der Waals surface area contributed by atoms with Crippen LogP contribution in [-0.4, -0.2) is 59.9 Å². The van der Waals surface area contributed by atoms with Crippen LogP contribution >= 0.6 is 0 Å². The summed E-state index contributed by atoms with van der Waals surface area (Å²) in [5.74, 6) is 0. The maximum atomic E-state index is 12.2. The van der Waals surface area contributed by atoms with E-state index in [1.165, 1.54) is 6.33 Å². The number of alkyl halides is 3. The van der Waals surface area contributed by atoms with E-state index in [9.17, 15) is 13.2 Å². The molecule has 1 fully saturated rings. The van der Waals surface area contributed by atoms with Crippen LogP contribution in [0.5, 0.6) is 0 Å². The Labute approximate surface area is 134 Å². The first-order valence-electron chi connectivity index (χ1n) is 7.88. The second-order valence-electron chi connectivity index (χ2n) is 5.72. The summed E-state index contributed by atoms with van der Waals surface area (Å²) in [4.78, 5) is 10.2. The highest BCUT2D eigenvalue weighted by Gasteiger charge is 2.27. The Morgan fingerprint density at radius 1 is 1.22 bits per heavy atom. The lowest BCUT2D eigenvalue weighted by Gasteiger charge is -2.30. The van der Waals surface area contributed by atoms with Crippen LogP contribution in [0.4, 0.5) is 13.2 Å². The van der Waals surface area contributed by atoms with E-state index in [0.717, 1.165) is 37.9 Å². The molecule has 1 aromatic heterocycles. The molecule has 0 aliphatic carbocycles. The number of hydrogen-bond acceptors (Lipinski definition) is 5. The highest BCUT2D eigenvalue weighted by Crippen LogP contribution is 2.17. The normalized spacial score (nSPS) is 19.7. The number of nitrogens with zero attached hydrogens (tertiary/aromatic N) is 3. The molecule has 5 nitrogen and oxygen atoms in total. The smallest absolute Gasteiger partial charge is 0.371 e. The summed E-state index contributed by atoms with van der Waals surface area (Å²) in [5, 5.41) is 3.35. The first-order valence-corrected chi connectivity index (χ1v) is 7.88. The van der Waals surface area contributed by atoms with E-state index < -0.39 is 12.8 Å². The lowest BCUT2D eigenvalue weighted by atomic mass is 10.1. The topological polar surface area (TPSA) is 50.3 Å². The van der Waals surface area contributed by atoms with Crippen molar-refractivity contribution in [2.24, 2.45) is 0 Å². The third-order valence-electron chi connectivity index (χ3n) is 3.85. The van der Waals surface area contributed by atoms with Gasteiger partial charge in [-0.25, -0.2) is 9.97 Å². The van der Waals surface area contributed by atoms with E-state index in [4.69, 9.17) is 4.74 Å². The average Bonchev–Trinajstić information content (AvgIpc) is 2.79. The Hall–Kier alpha value is -1.25. The van der Waals surface area contributed by atoms with E-state index >= 15 is 0 Å². The van der Waals surface area contributed by atoms with Crippen molar-refractivity contribution >= 4 is 0 Å². The molecule has 1 atom stereocenters. The lowest BCUT2D eigenvalue weighted by Crippen LogP contribution is -2.38. The zero-order chi connectivity index (χ0) is 16.5. The molecule has 0 amide bonds. The molecule has 0 bridgehead atoms. The Morgan fingerprint density at radius 2 is 2.00 bits per heavy atom. The van der Waals surface area contributed by atoms with Gasteiger partial charge in [-0.05, 0) is 32.4 Å². The van der Waals surface area contributed by atoms with Gasteiger partial charge in [0.25, 0.3) is 0 Å². The van der Waals surface area contributed by atoms with Crippen molar-refractivity contribution in [3.63, 3.8) is 0 Å². The molecule has 2 rings (SSSR count). The highest BCUT2D eigenvalue weighted by atomic mass is 19.4. The maximum Gasteiger partial charge on any atom is 0.411 e. The monoisotopic (exact) mass is 332 g/mol. The number of hydrogen-bond donors (Lipinski definition) is 1. The SMILES string of the molecule is FC(F)(F)COCCN(Cc1cncnc1)C1CCCNCC1. The largest absolute Gasteiger partial charge is 0.411 e. The van der Waals surface area contributed by atoms with E-state index in [0.29, 0.717) is 19.1 Å². The van der Waals surface area contributed by atoms with Crippen LogP contribution in [-0.2, 0) is 11.3 Å². The van der Waals surface area contributed by atoms with Gasteiger partial charge < -0.3 is 10.1 Å². The van der Waals surface area contributed by atoms with Gasteiger partial charge in [-0.1, -0.05) is 0 Å². The van der Waals surface area contributed by atoms with Crippen molar-refractivity contribution in [3.05, 3.63) is 24.3 Å². The first-order chi connectivity index (χ1) is 11.0. The molecule has 0 radical (unpaired) electrons. The Kier molecular flexibility index (Phi) is 7.19. The second kappa shape index (κ2) is 9.14. The van der Waals surface area contributed by atoms with Crippen molar-refractivity contribution < 1.29 is 17.9 Å². The number of rotatable bonds is 7. The highest BCUT2D eigenvalue weighted by molar-refractivity contribution is 5.02. The van der Waals surface area contributed by atoms with Gasteiger partial charge in [-0.15, -0.1) is 0 Å². The van der Waals surface area contributed by atoms with Crippen molar-refractivity contribution in [2.45, 2.75) is 38.0 Å². The lowest BCUT2D eigenvalue weighted by molar-refractivity contribution is -0.175. The summed E-state index contributed by atoms with van der Waals surface area (Å²) in [6.45, 7) is 1.88. The van der Waals surface area contributed by atoms with E-state index in [-0.39, 0.29) is 6.61 Å². The van der Waals surface area contributed by atoms with Crippen LogP contribution in [0.1, 0.15) is 24.8 Å². The van der Waals surface area contributed by atoms with Gasteiger partial charge in [0.1, 0.15) is 12.9 Å². The molecule has 1 saturated heterocycles. The Balaban J connectivity index is 1.90. The fourth-order valence-corrected chi connectivity index (χ4v) is 2.77. The minimum absolute atomic E-state index is 0.0666. The number of halogens is 3. The molecule has 1 aliphatic rings. The third kappa shape index (κ3) is 7.24. The van der Waals surface area contributed by atoms with E-state index in [1.807, 2.05) is 0 Å². The predicted octanol–water partition coefficient (Wildman–Crippen LogP) is 2.00. The zero-order valence-electron chi connectivity index (χ0n) is 13.1. The maximum absolute atomic E-state index is 12.2. The third-order valence-corrected chi connectivity index (χ3v) is 3.85. The first kappa shape index (κ1) is 18.1. The number of ether oxygens (including phenoxy) is 1. The molecule has 0 aromatic carbocycles. The Morgan fingerprint density at radius 3 is 2.74 bits per heavy atom. The van der Waals surface area contributed by atoms with Crippen molar-refractivity contribution in [1.82, 2.24) is 20.2 Å². The van der Waals surface area contributed by atoms with Gasteiger partial charge in [-0.3, -0.25) is 4.90 Å². The minimum atomic E-state index is -4.27. The van der Waals surface area contributed by atoms with E-state index in [2.05, 4.69) is 20.2 Å². The molecule has 0 spiro atoms. The molecule has 23 heavy (non-hydrogen) atoms. The molecule has 130 valence electrons. The van der Waals surface area contributed by atoms with Crippen molar-refractivity contribution in [2.75, 3.05) is 32.8 Å². The Bertz CT molecular complexity index is 436. The molecule has 2 heterocycles. The molecule has 0 saturated carbocycles. The van der Waals surface area contributed by atoms with Gasteiger partial charge >= 0.3 is 6.18 Å². The second-order valence-corrected chi connectivity index (χ2v) is 5.72. The molecular weight excluding hydrogens is 309 g/mol. The quantitative estimate of drug-likeness (QED) is 0.774. The average molecular weight is 332 g/mol. The van der Waals surface area contributed by atoms with Crippen LogP contribution in [0.2, 0.25) is 0 Å². The molecule has 1 unspecified atom stereocenters. The summed E-state index contributed by atoms with van der Waals surface area (Å²) >= 11 is 0. The predicted molar refractivity (Wildman–Crippen MR) is 79.8 cm³/mol. The van der Waals surface area contributed by atoms with Crippen LogP contribution < -0.4 is 5.32 Å². The molecule has 1 aliphatic heterocycles. The summed E-state index contributed by atoms with van der Waals surface area (Å²) in [7, 11) is 0. The zero-order valence-corrected chi connectivity index (χ0v) is 13.1. The van der Waals surface area contributed by atoms with Crippen LogP contribution in [0, 0.1) is 0 Å². The summed E-state index contributed by atoms with van der Waals surface area (Å²) < 4.78 is 41.3. The number of nitrogens with one attached hydrogen (secondary N) is 1. The van der Waals surface area contributed by atoms with Gasteiger partial charge in [0.2, 0.25) is 0 Å². The van der Waals surface area contributed by atoms with Crippen LogP contribution in [0.3, 0.4) is 0 Å². The summed E-state index contributed by atoms with van der Waals surface area (Å²) in [6, 6.07) is 0.333. The molecule has 8 heteroatoms. The van der Waals surface area contributed by atoms with Crippen LogP contribution in [0.25, 0.3) is 0 Å².